The largest absolute Gasteiger partial charge is 0.433 e. The van der Waals surface area contributed by atoms with Crippen LogP contribution in [0.25, 0.3) is 10.9 Å². The standard InChI is InChI=1S/C27H29F3N4O3S/c1-19-8-10-21(11-9-19)38(36,37)34-12-4-5-20(18-34)26(35)33-15-13-32(14-16-33)24-17-25(27(28,29)30)31-23-7-3-2-6-22(23)24/h2-3,6-11,17,20H,4-5,12-16,18H2,1H3. The molecule has 2 saturated heterocycles. The van der Waals surface area contributed by atoms with Crippen LogP contribution < -0.4 is 4.90 Å². The van der Waals surface area contributed by atoms with Gasteiger partial charge in [0.25, 0.3) is 0 Å². The van der Waals surface area contributed by atoms with Gasteiger partial charge in [0.15, 0.2) is 0 Å². The third-order valence-corrected chi connectivity index (χ3v) is 9.19. The van der Waals surface area contributed by atoms with Gasteiger partial charge in [0.1, 0.15) is 5.69 Å². The molecule has 1 unspecified atom stereocenters. The molecule has 0 bridgehead atoms. The van der Waals surface area contributed by atoms with Gasteiger partial charge >= 0.3 is 6.18 Å². The highest BCUT2D eigenvalue weighted by molar-refractivity contribution is 7.89. The van der Waals surface area contributed by atoms with Gasteiger partial charge in [-0.15, -0.1) is 0 Å². The number of hydrogen-bond donors (Lipinski definition) is 0. The zero-order chi connectivity index (χ0) is 27.1. The van der Waals surface area contributed by atoms with E-state index in [1.54, 1.807) is 53.4 Å². The van der Waals surface area contributed by atoms with Crippen LogP contribution in [0.5, 0.6) is 0 Å². The lowest BCUT2D eigenvalue weighted by Gasteiger charge is -2.39. The Morgan fingerprint density at radius 2 is 1.66 bits per heavy atom. The van der Waals surface area contributed by atoms with Gasteiger partial charge in [-0.05, 0) is 44.0 Å². The molecule has 1 atom stereocenters. The summed E-state index contributed by atoms with van der Waals surface area (Å²) >= 11 is 0. The molecule has 3 heterocycles. The molecule has 2 aromatic carbocycles. The van der Waals surface area contributed by atoms with Crippen LogP contribution in [0, 0.1) is 12.8 Å². The summed E-state index contributed by atoms with van der Waals surface area (Å²) in [5.74, 6) is -0.557. The van der Waals surface area contributed by atoms with E-state index in [2.05, 4.69) is 4.98 Å². The number of pyridine rings is 1. The number of para-hydroxylation sites is 1. The number of nitrogens with zero attached hydrogens (tertiary/aromatic N) is 4. The van der Waals surface area contributed by atoms with Gasteiger partial charge < -0.3 is 9.80 Å². The van der Waals surface area contributed by atoms with Crippen LogP contribution in [-0.4, -0.2) is 67.8 Å². The van der Waals surface area contributed by atoms with Crippen LogP contribution in [0.1, 0.15) is 24.1 Å². The first-order valence-corrected chi connectivity index (χ1v) is 14.1. The molecule has 0 saturated carbocycles. The normalized spacial score (nSPS) is 19.6. The Bertz CT molecular complexity index is 1440. The number of aryl methyl sites for hydroxylation is 1. The molecule has 11 heteroatoms. The fourth-order valence-corrected chi connectivity index (χ4v) is 6.74. The van der Waals surface area contributed by atoms with Gasteiger partial charge in [0.05, 0.1) is 16.3 Å². The van der Waals surface area contributed by atoms with Gasteiger partial charge in [-0.2, -0.15) is 17.5 Å². The quantitative estimate of drug-likeness (QED) is 0.488. The maximum atomic E-state index is 13.5. The average molecular weight is 547 g/mol. The molecule has 2 fully saturated rings. The lowest BCUT2D eigenvalue weighted by atomic mass is 9.97. The van der Waals surface area contributed by atoms with Crippen molar-refractivity contribution in [1.82, 2.24) is 14.2 Å². The molecule has 38 heavy (non-hydrogen) atoms. The minimum atomic E-state index is -4.57. The van der Waals surface area contributed by atoms with E-state index in [1.807, 2.05) is 11.8 Å². The number of alkyl halides is 3. The molecule has 2 aliphatic heterocycles. The number of sulfonamides is 1. The number of halogens is 3. The number of carbonyl (C=O) groups excluding carboxylic acids is 1. The number of benzene rings is 2. The summed E-state index contributed by atoms with van der Waals surface area (Å²) in [6.45, 7) is 3.81. The van der Waals surface area contributed by atoms with Crippen molar-refractivity contribution in [1.29, 1.82) is 0 Å². The van der Waals surface area contributed by atoms with E-state index >= 15 is 0 Å². The van der Waals surface area contributed by atoms with E-state index in [0.717, 1.165) is 11.6 Å². The molecule has 1 aromatic heterocycles. The van der Waals surface area contributed by atoms with Crippen LogP contribution in [0.4, 0.5) is 18.9 Å². The summed E-state index contributed by atoms with van der Waals surface area (Å²) in [6, 6.07) is 14.5. The van der Waals surface area contributed by atoms with Crippen molar-refractivity contribution in [3.05, 3.63) is 65.9 Å². The van der Waals surface area contributed by atoms with Crippen LogP contribution >= 0.6 is 0 Å². The Hall–Kier alpha value is -3.18. The minimum absolute atomic E-state index is 0.107. The molecule has 3 aromatic rings. The summed E-state index contributed by atoms with van der Waals surface area (Å²) in [5.41, 5.74) is 0.738. The van der Waals surface area contributed by atoms with Crippen LogP contribution in [-0.2, 0) is 21.0 Å². The number of fused-ring (bicyclic) bond motifs is 1. The lowest BCUT2D eigenvalue weighted by Crippen LogP contribution is -2.53. The summed E-state index contributed by atoms with van der Waals surface area (Å²) in [7, 11) is -3.70. The Morgan fingerprint density at radius 1 is 0.974 bits per heavy atom. The number of carbonyl (C=O) groups is 1. The molecule has 0 radical (unpaired) electrons. The van der Waals surface area contributed by atoms with Gasteiger partial charge in [-0.25, -0.2) is 13.4 Å². The minimum Gasteiger partial charge on any atom is -0.367 e. The summed E-state index contributed by atoms with van der Waals surface area (Å²) in [4.78, 5) is 20.9. The molecule has 1 amide bonds. The number of hydrogen-bond acceptors (Lipinski definition) is 5. The smallest absolute Gasteiger partial charge is 0.367 e. The lowest BCUT2D eigenvalue weighted by molar-refractivity contribution is -0.141. The maximum absolute atomic E-state index is 13.5. The molecule has 0 N–H and O–H groups in total. The predicted octanol–water partition coefficient (Wildman–Crippen LogP) is 4.31. The number of aromatic nitrogens is 1. The second-order valence-electron chi connectivity index (χ2n) is 9.87. The second-order valence-corrected chi connectivity index (χ2v) is 11.8. The molecule has 202 valence electrons. The van der Waals surface area contributed by atoms with Gasteiger partial charge in [0.2, 0.25) is 15.9 Å². The van der Waals surface area contributed by atoms with E-state index in [1.165, 1.54) is 4.31 Å². The van der Waals surface area contributed by atoms with Crippen LogP contribution in [0.3, 0.4) is 0 Å². The third kappa shape index (κ3) is 5.22. The van der Waals surface area contributed by atoms with Crippen molar-refractivity contribution in [2.45, 2.75) is 30.8 Å². The Kier molecular flexibility index (Phi) is 7.08. The number of piperidine rings is 1. The van der Waals surface area contributed by atoms with E-state index in [0.29, 0.717) is 56.6 Å². The van der Waals surface area contributed by atoms with E-state index in [4.69, 9.17) is 0 Å². The van der Waals surface area contributed by atoms with Crippen LogP contribution in [0.15, 0.2) is 59.5 Å². The maximum Gasteiger partial charge on any atom is 0.433 e. The highest BCUT2D eigenvalue weighted by Crippen LogP contribution is 2.35. The number of rotatable bonds is 4. The summed E-state index contributed by atoms with van der Waals surface area (Å²) < 4.78 is 68.2. The highest BCUT2D eigenvalue weighted by Gasteiger charge is 2.37. The molecule has 7 nitrogen and oxygen atoms in total. The van der Waals surface area contributed by atoms with Crippen molar-refractivity contribution in [3.63, 3.8) is 0 Å². The van der Waals surface area contributed by atoms with Gasteiger partial charge in [-0.1, -0.05) is 35.9 Å². The van der Waals surface area contributed by atoms with Gasteiger partial charge in [0, 0.05) is 50.3 Å². The van der Waals surface area contributed by atoms with Crippen molar-refractivity contribution < 1.29 is 26.4 Å². The van der Waals surface area contributed by atoms with Gasteiger partial charge in [-0.3, -0.25) is 4.79 Å². The molecular weight excluding hydrogens is 517 g/mol. The Balaban J connectivity index is 1.28. The monoisotopic (exact) mass is 546 g/mol. The SMILES string of the molecule is Cc1ccc(S(=O)(=O)N2CCCC(C(=O)N3CCN(c4cc(C(F)(F)F)nc5ccccc45)CC3)C2)cc1. The van der Waals surface area contributed by atoms with E-state index in [-0.39, 0.29) is 22.9 Å². The molecule has 0 spiro atoms. The highest BCUT2D eigenvalue weighted by atomic mass is 32.2. The number of amides is 1. The number of piperazine rings is 1. The molecule has 2 aliphatic rings. The Labute approximate surface area is 219 Å². The van der Waals surface area contributed by atoms with E-state index < -0.39 is 27.8 Å². The summed E-state index contributed by atoms with van der Waals surface area (Å²) in [5, 5.41) is 0.629. The first-order valence-electron chi connectivity index (χ1n) is 12.6. The average Bonchev–Trinajstić information content (AvgIpc) is 2.92. The van der Waals surface area contributed by atoms with Crippen molar-refractivity contribution in [2.75, 3.05) is 44.2 Å². The molecule has 5 rings (SSSR count). The van der Waals surface area contributed by atoms with E-state index in [9.17, 15) is 26.4 Å². The fourth-order valence-electron chi connectivity index (χ4n) is 5.21. The predicted molar refractivity (Wildman–Crippen MR) is 138 cm³/mol. The first kappa shape index (κ1) is 26.4. The summed E-state index contributed by atoms with van der Waals surface area (Å²) in [6.07, 6.45) is -3.38. The van der Waals surface area contributed by atoms with Crippen LogP contribution in [0.2, 0.25) is 0 Å². The zero-order valence-corrected chi connectivity index (χ0v) is 21.8. The second kappa shape index (κ2) is 10.2. The topological polar surface area (TPSA) is 73.8 Å². The third-order valence-electron chi connectivity index (χ3n) is 7.31. The zero-order valence-electron chi connectivity index (χ0n) is 21.0. The first-order chi connectivity index (χ1) is 18.0. The number of anilines is 1. The fraction of sp³-hybridized carbons (Fsp3) is 0.407. The van der Waals surface area contributed by atoms with Crippen molar-refractivity contribution >= 4 is 32.5 Å². The Morgan fingerprint density at radius 3 is 2.34 bits per heavy atom. The molecule has 0 aliphatic carbocycles. The van der Waals surface area contributed by atoms with Crippen molar-refractivity contribution in [3.8, 4) is 0 Å². The van der Waals surface area contributed by atoms with Crippen molar-refractivity contribution in [2.24, 2.45) is 5.92 Å². The molecular formula is C27H29F3N4O3S.